The number of nitrogen functional groups attached to an aromatic ring is 1. The number of anilines is 1. The zero-order valence-corrected chi connectivity index (χ0v) is 12.7. The van der Waals surface area contributed by atoms with Gasteiger partial charge in [0.1, 0.15) is 15.6 Å². The average molecular weight is 326 g/mol. The fraction of sp³-hybridized carbons (Fsp3) is 0.0769. The first-order chi connectivity index (χ1) is 9.54. The minimum absolute atomic E-state index is 0.160. The van der Waals surface area contributed by atoms with Crippen LogP contribution in [-0.2, 0) is 0 Å². The lowest BCUT2D eigenvalue weighted by Crippen LogP contribution is -1.97. The van der Waals surface area contributed by atoms with Gasteiger partial charge in [0.05, 0.1) is 10.4 Å². The Morgan fingerprint density at radius 2 is 2.05 bits per heavy atom. The van der Waals surface area contributed by atoms with E-state index in [1.54, 1.807) is 18.2 Å². The maximum Gasteiger partial charge on any atom is 0.232 e. The van der Waals surface area contributed by atoms with Crippen molar-refractivity contribution in [2.45, 2.75) is 6.92 Å². The van der Waals surface area contributed by atoms with Crippen LogP contribution in [0.15, 0.2) is 24.3 Å². The first-order valence-corrected chi connectivity index (χ1v) is 7.27. The van der Waals surface area contributed by atoms with Crippen LogP contribution in [0.25, 0.3) is 10.2 Å². The molecule has 3 aromatic rings. The monoisotopic (exact) mass is 325 g/mol. The first-order valence-electron chi connectivity index (χ1n) is 5.70. The molecule has 7 heteroatoms. The van der Waals surface area contributed by atoms with E-state index in [4.69, 9.17) is 33.7 Å². The number of thiophene rings is 1. The van der Waals surface area contributed by atoms with Crippen molar-refractivity contribution in [3.8, 4) is 11.6 Å². The zero-order chi connectivity index (χ0) is 14.3. The molecular formula is C13H9Cl2N3OS. The Morgan fingerprint density at radius 1 is 1.25 bits per heavy atom. The van der Waals surface area contributed by atoms with E-state index in [0.29, 0.717) is 21.7 Å². The molecule has 20 heavy (non-hydrogen) atoms. The second-order valence-corrected chi connectivity index (χ2v) is 6.14. The summed E-state index contributed by atoms with van der Waals surface area (Å²) in [7, 11) is 0. The summed E-state index contributed by atoms with van der Waals surface area (Å²) in [6, 6.07) is 7.12. The molecule has 0 unspecified atom stereocenters. The van der Waals surface area contributed by atoms with Gasteiger partial charge in [0.25, 0.3) is 0 Å². The average Bonchev–Trinajstić information content (AvgIpc) is 2.75. The van der Waals surface area contributed by atoms with Gasteiger partial charge in [-0.1, -0.05) is 29.3 Å². The molecule has 0 atom stereocenters. The molecule has 3 rings (SSSR count). The van der Waals surface area contributed by atoms with Crippen molar-refractivity contribution in [2.24, 2.45) is 0 Å². The van der Waals surface area contributed by atoms with Gasteiger partial charge in [0, 0.05) is 4.88 Å². The third kappa shape index (κ3) is 2.40. The molecule has 0 saturated heterocycles. The van der Waals surface area contributed by atoms with Gasteiger partial charge in [0.2, 0.25) is 11.8 Å². The van der Waals surface area contributed by atoms with Crippen LogP contribution in [0.3, 0.4) is 0 Å². The molecule has 0 aliphatic rings. The molecular weight excluding hydrogens is 317 g/mol. The van der Waals surface area contributed by atoms with Crippen molar-refractivity contribution in [1.82, 2.24) is 9.97 Å². The number of aromatic nitrogens is 2. The number of nitrogens with zero attached hydrogens (tertiary/aromatic N) is 2. The van der Waals surface area contributed by atoms with Gasteiger partial charge in [0.15, 0.2) is 0 Å². The van der Waals surface area contributed by atoms with Crippen molar-refractivity contribution in [3.05, 3.63) is 39.2 Å². The highest BCUT2D eigenvalue weighted by molar-refractivity contribution is 7.18. The quantitative estimate of drug-likeness (QED) is 0.743. The second kappa shape index (κ2) is 5.09. The summed E-state index contributed by atoms with van der Waals surface area (Å²) in [5.41, 5.74) is 5.70. The Balaban J connectivity index is 2.12. The Kier molecular flexibility index (Phi) is 3.41. The minimum atomic E-state index is 0.160. The van der Waals surface area contributed by atoms with E-state index in [-0.39, 0.29) is 5.95 Å². The van der Waals surface area contributed by atoms with Gasteiger partial charge >= 0.3 is 0 Å². The largest absolute Gasteiger partial charge is 0.437 e. The van der Waals surface area contributed by atoms with E-state index >= 15 is 0 Å². The van der Waals surface area contributed by atoms with Gasteiger partial charge in [-0.05, 0) is 25.1 Å². The number of halogens is 2. The van der Waals surface area contributed by atoms with Crippen LogP contribution in [0.4, 0.5) is 5.95 Å². The standard InChI is InChI=1S/C13H9Cl2N3OS/c1-6-5-7-11(17-13(16)18-12(7)20-6)19-9-4-2-3-8(14)10(9)15/h2-5H,1H3,(H2,16,17,18). The van der Waals surface area contributed by atoms with Crippen LogP contribution in [0.2, 0.25) is 10.0 Å². The van der Waals surface area contributed by atoms with Crippen LogP contribution >= 0.6 is 34.5 Å². The van der Waals surface area contributed by atoms with E-state index in [1.165, 1.54) is 11.3 Å². The fourth-order valence-corrected chi connectivity index (χ4v) is 2.98. The van der Waals surface area contributed by atoms with E-state index in [9.17, 15) is 0 Å². The normalized spacial score (nSPS) is 10.9. The lowest BCUT2D eigenvalue weighted by Gasteiger charge is -2.08. The van der Waals surface area contributed by atoms with Gasteiger partial charge < -0.3 is 10.5 Å². The lowest BCUT2D eigenvalue weighted by atomic mass is 10.3. The number of ether oxygens (including phenoxy) is 1. The number of nitrogens with two attached hydrogens (primary N) is 1. The minimum Gasteiger partial charge on any atom is -0.437 e. The molecule has 102 valence electrons. The van der Waals surface area contributed by atoms with Crippen molar-refractivity contribution in [1.29, 1.82) is 0 Å². The van der Waals surface area contributed by atoms with Gasteiger partial charge in [-0.25, -0.2) is 4.98 Å². The van der Waals surface area contributed by atoms with Gasteiger partial charge in [-0.15, -0.1) is 11.3 Å². The van der Waals surface area contributed by atoms with Crippen molar-refractivity contribution >= 4 is 50.7 Å². The zero-order valence-electron chi connectivity index (χ0n) is 10.4. The Hall–Kier alpha value is -1.56. The molecule has 2 heterocycles. The smallest absolute Gasteiger partial charge is 0.232 e. The van der Waals surface area contributed by atoms with Crippen molar-refractivity contribution < 1.29 is 4.74 Å². The Morgan fingerprint density at radius 3 is 2.85 bits per heavy atom. The summed E-state index contributed by atoms with van der Waals surface area (Å²) in [6.45, 7) is 1.98. The summed E-state index contributed by atoms with van der Waals surface area (Å²) in [5.74, 6) is 0.968. The summed E-state index contributed by atoms with van der Waals surface area (Å²) in [5, 5.41) is 1.56. The molecule has 0 amide bonds. The topological polar surface area (TPSA) is 61.0 Å². The molecule has 2 aromatic heterocycles. The Labute approximate surface area is 129 Å². The summed E-state index contributed by atoms with van der Waals surface area (Å²) < 4.78 is 5.76. The highest BCUT2D eigenvalue weighted by Crippen LogP contribution is 2.37. The molecule has 0 saturated carbocycles. The predicted octanol–water partition coefficient (Wildman–Crippen LogP) is 4.68. The molecule has 4 nitrogen and oxygen atoms in total. The van der Waals surface area contributed by atoms with Crippen LogP contribution in [0.5, 0.6) is 11.6 Å². The molecule has 0 aliphatic heterocycles. The van der Waals surface area contributed by atoms with Crippen LogP contribution in [-0.4, -0.2) is 9.97 Å². The Bertz CT molecular complexity index is 804. The van der Waals surface area contributed by atoms with Crippen LogP contribution in [0.1, 0.15) is 4.88 Å². The van der Waals surface area contributed by atoms with E-state index in [1.807, 2.05) is 13.0 Å². The fourth-order valence-electron chi connectivity index (χ4n) is 1.78. The van der Waals surface area contributed by atoms with E-state index in [2.05, 4.69) is 9.97 Å². The lowest BCUT2D eigenvalue weighted by molar-refractivity contribution is 0.469. The number of fused-ring (bicyclic) bond motifs is 1. The number of hydrogen-bond donors (Lipinski definition) is 1. The SMILES string of the molecule is Cc1cc2c(Oc3cccc(Cl)c3Cl)nc(N)nc2s1. The van der Waals surface area contributed by atoms with Crippen molar-refractivity contribution in [3.63, 3.8) is 0 Å². The summed E-state index contributed by atoms with van der Waals surface area (Å²) in [6.07, 6.45) is 0. The van der Waals surface area contributed by atoms with Crippen LogP contribution < -0.4 is 10.5 Å². The third-order valence-corrected chi connectivity index (χ3v) is 4.37. The number of hydrogen-bond acceptors (Lipinski definition) is 5. The van der Waals surface area contributed by atoms with Crippen molar-refractivity contribution in [2.75, 3.05) is 5.73 Å². The summed E-state index contributed by atoms with van der Waals surface area (Å²) >= 11 is 13.6. The molecule has 0 bridgehead atoms. The van der Waals surface area contributed by atoms with Crippen LogP contribution in [0, 0.1) is 6.92 Å². The molecule has 2 N–H and O–H groups in total. The number of rotatable bonds is 2. The maximum atomic E-state index is 6.11. The molecule has 0 radical (unpaired) electrons. The van der Waals surface area contributed by atoms with Gasteiger partial charge in [-0.2, -0.15) is 4.98 Å². The molecule has 0 fully saturated rings. The molecule has 0 spiro atoms. The maximum absolute atomic E-state index is 6.11. The highest BCUT2D eigenvalue weighted by atomic mass is 35.5. The number of benzene rings is 1. The molecule has 0 aliphatic carbocycles. The highest BCUT2D eigenvalue weighted by Gasteiger charge is 2.13. The summed E-state index contributed by atoms with van der Waals surface area (Å²) in [4.78, 5) is 10.2. The predicted molar refractivity (Wildman–Crippen MR) is 83.1 cm³/mol. The van der Waals surface area contributed by atoms with Gasteiger partial charge in [-0.3, -0.25) is 0 Å². The molecule has 1 aromatic carbocycles. The number of aryl methyl sites for hydroxylation is 1. The first kappa shape index (κ1) is 13.4. The van der Waals surface area contributed by atoms with E-state index < -0.39 is 0 Å². The third-order valence-electron chi connectivity index (χ3n) is 2.62. The van der Waals surface area contributed by atoms with E-state index in [0.717, 1.165) is 15.1 Å². The second-order valence-electron chi connectivity index (χ2n) is 4.12.